The topological polar surface area (TPSA) is 83.2 Å². The third kappa shape index (κ3) is 3.27. The van der Waals surface area contributed by atoms with Gasteiger partial charge < -0.3 is 20.9 Å². The minimum absolute atomic E-state index is 0.297. The van der Waals surface area contributed by atoms with Crippen molar-refractivity contribution in [3.63, 3.8) is 0 Å². The molecule has 7 heteroatoms. The summed E-state index contributed by atoms with van der Waals surface area (Å²) >= 11 is 0. The van der Waals surface area contributed by atoms with Crippen LogP contribution >= 0.6 is 0 Å². The zero-order valence-electron chi connectivity index (χ0n) is 11.9. The van der Waals surface area contributed by atoms with Crippen LogP contribution in [0, 0.1) is 0 Å². The quantitative estimate of drug-likeness (QED) is 0.813. The Hall–Kier alpha value is -1.63. The van der Waals surface area contributed by atoms with Crippen molar-refractivity contribution in [3.8, 4) is 0 Å². The summed E-state index contributed by atoms with van der Waals surface area (Å²) in [6.07, 6.45) is 5.03. The summed E-state index contributed by atoms with van der Waals surface area (Å²) in [5.41, 5.74) is 5.78. The van der Waals surface area contributed by atoms with E-state index in [1.165, 1.54) is 38.8 Å². The Morgan fingerprint density at radius 2 is 1.65 bits per heavy atom. The van der Waals surface area contributed by atoms with Crippen molar-refractivity contribution in [2.75, 3.05) is 55.2 Å². The zero-order valence-corrected chi connectivity index (χ0v) is 11.9. The van der Waals surface area contributed by atoms with E-state index in [9.17, 15) is 0 Å². The van der Waals surface area contributed by atoms with Crippen molar-refractivity contribution in [2.45, 2.75) is 25.7 Å². The Morgan fingerprint density at radius 1 is 0.950 bits per heavy atom. The Kier molecular flexibility index (Phi) is 4.15. The Labute approximate surface area is 119 Å². The van der Waals surface area contributed by atoms with Crippen LogP contribution in [0.25, 0.3) is 0 Å². The smallest absolute Gasteiger partial charge is 0.231 e. The Morgan fingerprint density at radius 3 is 2.40 bits per heavy atom. The molecule has 110 valence electrons. The molecule has 0 spiro atoms. The van der Waals surface area contributed by atoms with Gasteiger partial charge >= 0.3 is 0 Å². The lowest BCUT2D eigenvalue weighted by Crippen LogP contribution is -2.27. The SMILES string of the molecule is Nc1nc(NCCN2CCCC2)nc(N2CCCC2)n1. The van der Waals surface area contributed by atoms with Crippen molar-refractivity contribution < 1.29 is 0 Å². The average molecular weight is 277 g/mol. The van der Waals surface area contributed by atoms with Crippen LogP contribution in [0.1, 0.15) is 25.7 Å². The van der Waals surface area contributed by atoms with Crippen molar-refractivity contribution in [1.82, 2.24) is 19.9 Å². The second-order valence-corrected chi connectivity index (χ2v) is 5.49. The van der Waals surface area contributed by atoms with Crippen LogP contribution in [-0.4, -0.2) is 59.1 Å². The summed E-state index contributed by atoms with van der Waals surface area (Å²) in [6.45, 7) is 6.32. The average Bonchev–Trinajstić information content (AvgIpc) is 3.11. The second-order valence-electron chi connectivity index (χ2n) is 5.49. The van der Waals surface area contributed by atoms with Gasteiger partial charge in [-0.25, -0.2) is 0 Å². The molecule has 0 aromatic carbocycles. The number of rotatable bonds is 5. The van der Waals surface area contributed by atoms with Gasteiger partial charge in [0.05, 0.1) is 0 Å². The number of aromatic nitrogens is 3. The molecule has 0 radical (unpaired) electrons. The molecular formula is C13H23N7. The lowest BCUT2D eigenvalue weighted by atomic mass is 10.4. The van der Waals surface area contributed by atoms with E-state index in [1.807, 2.05) is 0 Å². The van der Waals surface area contributed by atoms with Crippen molar-refractivity contribution in [2.24, 2.45) is 0 Å². The van der Waals surface area contributed by atoms with Gasteiger partial charge in [0.1, 0.15) is 0 Å². The Balaban J connectivity index is 1.57. The standard InChI is InChI=1S/C13H23N7/c14-11-16-12(15-5-10-19-6-1-2-7-19)18-13(17-11)20-8-3-4-9-20/h1-10H2,(H3,14,15,16,17,18). The molecule has 1 aromatic rings. The highest BCUT2D eigenvalue weighted by Gasteiger charge is 2.17. The number of nitrogen functional groups attached to an aromatic ring is 1. The van der Waals surface area contributed by atoms with Gasteiger partial charge in [0.25, 0.3) is 0 Å². The van der Waals surface area contributed by atoms with E-state index in [2.05, 4.69) is 30.1 Å². The minimum Gasteiger partial charge on any atom is -0.368 e. The maximum absolute atomic E-state index is 5.78. The van der Waals surface area contributed by atoms with Gasteiger partial charge in [-0.15, -0.1) is 0 Å². The van der Waals surface area contributed by atoms with Gasteiger partial charge in [0.15, 0.2) is 0 Å². The molecule has 0 atom stereocenters. The number of nitrogens with zero attached hydrogens (tertiary/aromatic N) is 5. The molecule has 0 bridgehead atoms. The lowest BCUT2D eigenvalue weighted by Gasteiger charge is -2.17. The molecular weight excluding hydrogens is 254 g/mol. The van der Waals surface area contributed by atoms with Gasteiger partial charge in [-0.1, -0.05) is 0 Å². The fraction of sp³-hybridized carbons (Fsp3) is 0.769. The largest absolute Gasteiger partial charge is 0.368 e. The predicted molar refractivity (Wildman–Crippen MR) is 79.9 cm³/mol. The first-order chi connectivity index (χ1) is 9.81. The van der Waals surface area contributed by atoms with Crippen molar-refractivity contribution in [3.05, 3.63) is 0 Å². The Bertz CT molecular complexity index is 438. The van der Waals surface area contributed by atoms with E-state index in [1.54, 1.807) is 0 Å². The molecule has 3 heterocycles. The number of anilines is 3. The first-order valence-electron chi connectivity index (χ1n) is 7.54. The molecule has 7 nitrogen and oxygen atoms in total. The van der Waals surface area contributed by atoms with E-state index < -0.39 is 0 Å². The molecule has 0 saturated carbocycles. The highest BCUT2D eigenvalue weighted by Crippen LogP contribution is 2.17. The fourth-order valence-corrected chi connectivity index (χ4v) is 2.85. The van der Waals surface area contributed by atoms with Gasteiger partial charge in [-0.3, -0.25) is 0 Å². The number of nitrogens with one attached hydrogen (secondary N) is 1. The molecule has 0 aliphatic carbocycles. The lowest BCUT2D eigenvalue weighted by molar-refractivity contribution is 0.352. The van der Waals surface area contributed by atoms with E-state index in [0.717, 1.165) is 26.2 Å². The number of hydrogen-bond donors (Lipinski definition) is 2. The van der Waals surface area contributed by atoms with Gasteiger partial charge in [0.2, 0.25) is 17.8 Å². The number of hydrogen-bond acceptors (Lipinski definition) is 7. The molecule has 2 saturated heterocycles. The van der Waals surface area contributed by atoms with E-state index in [0.29, 0.717) is 17.8 Å². The van der Waals surface area contributed by atoms with Crippen molar-refractivity contribution >= 4 is 17.8 Å². The first kappa shape index (κ1) is 13.4. The van der Waals surface area contributed by atoms with Crippen LogP contribution in [0.2, 0.25) is 0 Å². The summed E-state index contributed by atoms with van der Waals surface area (Å²) in [6, 6.07) is 0. The minimum atomic E-state index is 0.297. The third-order valence-corrected chi connectivity index (χ3v) is 3.94. The molecule has 0 unspecified atom stereocenters. The van der Waals surface area contributed by atoms with Crippen LogP contribution in [-0.2, 0) is 0 Å². The van der Waals surface area contributed by atoms with Crippen LogP contribution in [0.15, 0.2) is 0 Å². The molecule has 20 heavy (non-hydrogen) atoms. The van der Waals surface area contributed by atoms with E-state index in [-0.39, 0.29) is 0 Å². The van der Waals surface area contributed by atoms with Gasteiger partial charge in [0, 0.05) is 26.2 Å². The van der Waals surface area contributed by atoms with Crippen LogP contribution in [0.5, 0.6) is 0 Å². The van der Waals surface area contributed by atoms with E-state index in [4.69, 9.17) is 5.73 Å². The summed E-state index contributed by atoms with van der Waals surface area (Å²) < 4.78 is 0. The van der Waals surface area contributed by atoms with Gasteiger partial charge in [-0.05, 0) is 38.8 Å². The molecule has 0 amide bonds. The molecule has 2 fully saturated rings. The maximum atomic E-state index is 5.78. The zero-order chi connectivity index (χ0) is 13.8. The summed E-state index contributed by atoms with van der Waals surface area (Å²) in [4.78, 5) is 17.5. The summed E-state index contributed by atoms with van der Waals surface area (Å²) in [7, 11) is 0. The van der Waals surface area contributed by atoms with Crippen LogP contribution in [0.3, 0.4) is 0 Å². The second kappa shape index (κ2) is 6.21. The van der Waals surface area contributed by atoms with Crippen LogP contribution in [0.4, 0.5) is 17.8 Å². The normalized spacial score (nSPS) is 19.7. The molecule has 2 aliphatic heterocycles. The molecule has 3 rings (SSSR count). The molecule has 2 aliphatic rings. The summed E-state index contributed by atoms with van der Waals surface area (Å²) in [5, 5.41) is 3.27. The maximum Gasteiger partial charge on any atom is 0.231 e. The predicted octanol–water partition coefficient (Wildman–Crippen LogP) is 0.562. The molecule has 1 aromatic heterocycles. The van der Waals surface area contributed by atoms with Crippen molar-refractivity contribution in [1.29, 1.82) is 0 Å². The number of likely N-dealkylation sites (tertiary alicyclic amines) is 1. The highest BCUT2D eigenvalue weighted by molar-refractivity contribution is 5.42. The molecule has 3 N–H and O–H groups in total. The van der Waals surface area contributed by atoms with E-state index >= 15 is 0 Å². The first-order valence-corrected chi connectivity index (χ1v) is 7.54. The fourth-order valence-electron chi connectivity index (χ4n) is 2.85. The number of nitrogens with two attached hydrogens (primary N) is 1. The third-order valence-electron chi connectivity index (χ3n) is 3.94. The van der Waals surface area contributed by atoms with Crippen LogP contribution < -0.4 is 16.0 Å². The summed E-state index contributed by atoms with van der Waals surface area (Å²) in [5.74, 6) is 1.60. The highest BCUT2D eigenvalue weighted by atomic mass is 15.3. The monoisotopic (exact) mass is 277 g/mol. The van der Waals surface area contributed by atoms with Gasteiger partial charge in [-0.2, -0.15) is 15.0 Å².